The monoisotopic (exact) mass is 355 g/mol. The van der Waals surface area contributed by atoms with Crippen molar-refractivity contribution in [2.75, 3.05) is 12.8 Å². The quantitative estimate of drug-likeness (QED) is 0.633. The predicted octanol–water partition coefficient (Wildman–Crippen LogP) is 1.34. The molecule has 1 heterocycles. The molecule has 4 nitrogen and oxygen atoms in total. The lowest BCUT2D eigenvalue weighted by molar-refractivity contribution is 0.106. The van der Waals surface area contributed by atoms with E-state index >= 15 is 0 Å². The second-order valence-corrected chi connectivity index (χ2v) is 8.08. The second-order valence-electron chi connectivity index (χ2n) is 5.42. The molecular formula is C13H16F3NO3S2. The fourth-order valence-electron chi connectivity index (χ4n) is 2.63. The summed E-state index contributed by atoms with van der Waals surface area (Å²) in [7, 11) is -3.55. The number of hydrogen-bond donors (Lipinski definition) is 2. The van der Waals surface area contributed by atoms with Gasteiger partial charge in [0.2, 0.25) is 10.0 Å². The van der Waals surface area contributed by atoms with Gasteiger partial charge >= 0.3 is 0 Å². The Morgan fingerprint density at radius 2 is 1.91 bits per heavy atom. The summed E-state index contributed by atoms with van der Waals surface area (Å²) >= 11 is 4.21. The molecule has 1 aliphatic rings. The number of halogens is 3. The van der Waals surface area contributed by atoms with Gasteiger partial charge in [-0.25, -0.2) is 21.6 Å². The molecule has 0 saturated carbocycles. The van der Waals surface area contributed by atoms with Crippen molar-refractivity contribution in [3.05, 3.63) is 35.1 Å². The van der Waals surface area contributed by atoms with Crippen LogP contribution in [0.1, 0.15) is 12.0 Å². The Bertz CT molecular complexity index is 669. The molecule has 0 radical (unpaired) electrons. The summed E-state index contributed by atoms with van der Waals surface area (Å²) in [6.45, 7) is 0.143. The standard InChI is InChI=1S/C13H16F3NO3S2/c1-22(19,20)17-6-8(21)4-12(17)13(18)3-7-2-10(15)11(16)5-9(7)14/h2,5,8,12-13,18,21H,3-4,6H2,1H3. The van der Waals surface area contributed by atoms with Crippen molar-refractivity contribution in [2.24, 2.45) is 0 Å². The smallest absolute Gasteiger partial charge is 0.211 e. The van der Waals surface area contributed by atoms with Gasteiger partial charge in [-0.05, 0) is 18.1 Å². The van der Waals surface area contributed by atoms with Crippen LogP contribution in [0, 0.1) is 17.5 Å². The molecule has 2 rings (SSSR count). The highest BCUT2D eigenvalue weighted by molar-refractivity contribution is 7.88. The van der Waals surface area contributed by atoms with Crippen molar-refractivity contribution >= 4 is 22.7 Å². The average molecular weight is 355 g/mol. The Labute approximate surface area is 132 Å². The van der Waals surface area contributed by atoms with E-state index in [1.807, 2.05) is 0 Å². The van der Waals surface area contributed by atoms with Gasteiger partial charge in [0.25, 0.3) is 0 Å². The van der Waals surface area contributed by atoms with Gasteiger partial charge in [0.05, 0.1) is 18.4 Å². The second kappa shape index (κ2) is 6.38. The molecule has 1 aromatic carbocycles. The Balaban J connectivity index is 2.21. The summed E-state index contributed by atoms with van der Waals surface area (Å²) in [5, 5.41) is 9.97. The number of rotatable bonds is 4. The highest BCUT2D eigenvalue weighted by atomic mass is 32.2. The van der Waals surface area contributed by atoms with E-state index in [0.29, 0.717) is 18.6 Å². The lowest BCUT2D eigenvalue weighted by atomic mass is 10.0. The molecule has 1 aromatic rings. The van der Waals surface area contributed by atoms with Crippen molar-refractivity contribution < 1.29 is 26.7 Å². The maximum Gasteiger partial charge on any atom is 0.211 e. The molecule has 0 aromatic heterocycles. The largest absolute Gasteiger partial charge is 0.391 e. The van der Waals surface area contributed by atoms with Crippen molar-refractivity contribution in [2.45, 2.75) is 30.2 Å². The molecule has 1 aliphatic heterocycles. The summed E-state index contributed by atoms with van der Waals surface area (Å²) < 4.78 is 64.2. The molecule has 1 saturated heterocycles. The maximum absolute atomic E-state index is 13.6. The molecular weight excluding hydrogens is 339 g/mol. The zero-order valence-electron chi connectivity index (χ0n) is 11.7. The topological polar surface area (TPSA) is 57.6 Å². The highest BCUT2D eigenvalue weighted by Crippen LogP contribution is 2.28. The van der Waals surface area contributed by atoms with E-state index in [9.17, 15) is 26.7 Å². The first-order valence-corrected chi connectivity index (χ1v) is 8.92. The third-order valence-corrected chi connectivity index (χ3v) is 5.31. The van der Waals surface area contributed by atoms with Crippen LogP contribution in [0.15, 0.2) is 12.1 Å². The fraction of sp³-hybridized carbons (Fsp3) is 0.538. The van der Waals surface area contributed by atoms with Gasteiger partial charge in [-0.3, -0.25) is 0 Å². The molecule has 124 valence electrons. The van der Waals surface area contributed by atoms with E-state index in [1.165, 1.54) is 0 Å². The lowest BCUT2D eigenvalue weighted by Gasteiger charge is -2.26. The van der Waals surface area contributed by atoms with Crippen LogP contribution in [-0.2, 0) is 16.4 Å². The van der Waals surface area contributed by atoms with E-state index in [2.05, 4.69) is 12.6 Å². The number of nitrogens with zero attached hydrogens (tertiary/aromatic N) is 1. The number of thiol groups is 1. The first-order chi connectivity index (χ1) is 10.1. The fourth-order valence-corrected chi connectivity index (χ4v) is 4.30. The van der Waals surface area contributed by atoms with E-state index in [0.717, 1.165) is 10.6 Å². The minimum absolute atomic E-state index is 0.143. The first kappa shape index (κ1) is 17.6. The van der Waals surface area contributed by atoms with E-state index in [1.54, 1.807) is 0 Å². The molecule has 9 heteroatoms. The van der Waals surface area contributed by atoms with Gasteiger partial charge < -0.3 is 5.11 Å². The van der Waals surface area contributed by atoms with E-state index in [4.69, 9.17) is 0 Å². The van der Waals surface area contributed by atoms with Crippen LogP contribution in [0.4, 0.5) is 13.2 Å². The molecule has 0 bridgehead atoms. The zero-order valence-corrected chi connectivity index (χ0v) is 13.4. The van der Waals surface area contributed by atoms with Crippen LogP contribution in [0.2, 0.25) is 0 Å². The molecule has 3 unspecified atom stereocenters. The lowest BCUT2D eigenvalue weighted by Crippen LogP contribution is -2.43. The van der Waals surface area contributed by atoms with Gasteiger partial charge in [-0.15, -0.1) is 0 Å². The molecule has 0 aliphatic carbocycles. The van der Waals surface area contributed by atoms with Gasteiger partial charge in [0.15, 0.2) is 11.6 Å². The number of hydrogen-bond acceptors (Lipinski definition) is 4. The summed E-state index contributed by atoms with van der Waals surface area (Å²) in [4.78, 5) is 0. The Morgan fingerprint density at radius 1 is 1.32 bits per heavy atom. The van der Waals surface area contributed by atoms with Crippen LogP contribution in [0.3, 0.4) is 0 Å². The number of aliphatic hydroxyl groups excluding tert-OH is 1. The summed E-state index contributed by atoms with van der Waals surface area (Å²) in [5.41, 5.74) is -0.206. The van der Waals surface area contributed by atoms with Crippen LogP contribution in [-0.4, -0.2) is 48.0 Å². The normalized spacial score (nSPS) is 24.6. The van der Waals surface area contributed by atoms with Crippen molar-refractivity contribution in [3.63, 3.8) is 0 Å². The minimum atomic E-state index is -3.55. The molecule has 1 fully saturated rings. The number of benzene rings is 1. The predicted molar refractivity (Wildman–Crippen MR) is 78.8 cm³/mol. The molecule has 22 heavy (non-hydrogen) atoms. The van der Waals surface area contributed by atoms with Crippen molar-refractivity contribution in [3.8, 4) is 0 Å². The Morgan fingerprint density at radius 3 is 2.50 bits per heavy atom. The Hall–Kier alpha value is -0.770. The molecule has 0 amide bonds. The van der Waals surface area contributed by atoms with Crippen LogP contribution >= 0.6 is 12.6 Å². The number of aliphatic hydroxyl groups is 1. The summed E-state index contributed by atoms with van der Waals surface area (Å²) in [6.07, 6.45) is -0.259. The Kier molecular flexibility index (Phi) is 5.10. The van der Waals surface area contributed by atoms with Crippen molar-refractivity contribution in [1.29, 1.82) is 0 Å². The number of sulfonamides is 1. The van der Waals surface area contributed by atoms with Gasteiger partial charge in [-0.1, -0.05) is 0 Å². The van der Waals surface area contributed by atoms with Gasteiger partial charge in [-0.2, -0.15) is 16.9 Å². The molecule has 3 atom stereocenters. The SMILES string of the molecule is CS(=O)(=O)N1CC(S)CC1C(O)Cc1cc(F)c(F)cc1F. The summed E-state index contributed by atoms with van der Waals surface area (Å²) in [5.74, 6) is -3.52. The maximum atomic E-state index is 13.6. The third kappa shape index (κ3) is 3.76. The van der Waals surface area contributed by atoms with Gasteiger partial charge in [0, 0.05) is 24.3 Å². The summed E-state index contributed by atoms with van der Waals surface area (Å²) in [6, 6.07) is 0.304. The highest BCUT2D eigenvalue weighted by Gasteiger charge is 2.40. The van der Waals surface area contributed by atoms with Crippen LogP contribution in [0.25, 0.3) is 0 Å². The van der Waals surface area contributed by atoms with Crippen LogP contribution < -0.4 is 0 Å². The molecule has 0 spiro atoms. The average Bonchev–Trinajstić information content (AvgIpc) is 2.78. The first-order valence-electron chi connectivity index (χ1n) is 6.56. The van der Waals surface area contributed by atoms with Gasteiger partial charge in [0.1, 0.15) is 5.82 Å². The third-order valence-electron chi connectivity index (χ3n) is 3.66. The zero-order chi connectivity index (χ0) is 16.7. The van der Waals surface area contributed by atoms with Crippen LogP contribution in [0.5, 0.6) is 0 Å². The molecule has 1 N–H and O–H groups in total. The minimum Gasteiger partial charge on any atom is -0.391 e. The van der Waals surface area contributed by atoms with Crippen molar-refractivity contribution in [1.82, 2.24) is 4.31 Å². The van der Waals surface area contributed by atoms with E-state index < -0.39 is 39.6 Å². The van der Waals surface area contributed by atoms with E-state index in [-0.39, 0.29) is 23.8 Å².